The van der Waals surface area contributed by atoms with Crippen molar-refractivity contribution in [1.29, 1.82) is 0 Å². The van der Waals surface area contributed by atoms with E-state index in [1.807, 2.05) is 18.2 Å². The Balaban J connectivity index is 1.26. The van der Waals surface area contributed by atoms with E-state index < -0.39 is 0 Å². The van der Waals surface area contributed by atoms with Crippen molar-refractivity contribution in [3.05, 3.63) is 157 Å². The SMILES string of the molecule is CC1(C)c2cc3ccccc3cc2-c2c(-c3cc(-c4cccc5oc6c7ccccc7ccc6c45)nc(-c4ccccc4)n3)cccc21. The summed E-state index contributed by atoms with van der Waals surface area (Å²) in [5, 5.41) is 6.94. The maximum atomic E-state index is 6.57. The van der Waals surface area contributed by atoms with Crippen LogP contribution in [0.25, 0.3) is 88.5 Å². The van der Waals surface area contributed by atoms with E-state index in [1.54, 1.807) is 0 Å². The van der Waals surface area contributed by atoms with Crippen LogP contribution in [-0.2, 0) is 5.41 Å². The van der Waals surface area contributed by atoms with Gasteiger partial charge in [0.05, 0.1) is 11.4 Å². The van der Waals surface area contributed by atoms with Gasteiger partial charge in [0.2, 0.25) is 0 Å². The molecule has 2 heterocycles. The van der Waals surface area contributed by atoms with E-state index in [1.165, 1.54) is 33.0 Å². The molecule has 0 saturated heterocycles. The topological polar surface area (TPSA) is 38.9 Å². The summed E-state index contributed by atoms with van der Waals surface area (Å²) in [4.78, 5) is 10.5. The van der Waals surface area contributed by atoms with Gasteiger partial charge < -0.3 is 4.42 Å². The number of hydrogen-bond acceptors (Lipinski definition) is 3. The van der Waals surface area contributed by atoms with Crippen LogP contribution in [0.15, 0.2) is 150 Å². The predicted octanol–water partition coefficient (Wildman–Crippen LogP) is 12.0. The Bertz CT molecular complexity index is 2750. The van der Waals surface area contributed by atoms with E-state index in [4.69, 9.17) is 14.4 Å². The summed E-state index contributed by atoms with van der Waals surface area (Å²) in [7, 11) is 0. The van der Waals surface area contributed by atoms with Gasteiger partial charge in [0.15, 0.2) is 5.82 Å². The number of fused-ring (bicyclic) bond motifs is 9. The zero-order valence-electron chi connectivity index (χ0n) is 26.7. The van der Waals surface area contributed by atoms with Crippen molar-refractivity contribution in [2.24, 2.45) is 0 Å². The average Bonchev–Trinajstić information content (AvgIpc) is 3.63. The van der Waals surface area contributed by atoms with Crippen LogP contribution in [0.1, 0.15) is 25.0 Å². The molecule has 0 spiro atoms. The highest BCUT2D eigenvalue weighted by Crippen LogP contribution is 2.53. The van der Waals surface area contributed by atoms with Gasteiger partial charge in [-0.2, -0.15) is 0 Å². The fourth-order valence-corrected chi connectivity index (χ4v) is 7.89. The van der Waals surface area contributed by atoms with Gasteiger partial charge in [0, 0.05) is 38.3 Å². The highest BCUT2D eigenvalue weighted by molar-refractivity contribution is 6.19. The summed E-state index contributed by atoms with van der Waals surface area (Å²) in [5.74, 6) is 0.701. The Hall–Kier alpha value is -6.06. The van der Waals surface area contributed by atoms with Gasteiger partial charge in [-0.05, 0) is 68.7 Å². The second-order valence-corrected chi connectivity index (χ2v) is 13.4. The van der Waals surface area contributed by atoms with Crippen LogP contribution in [-0.4, -0.2) is 9.97 Å². The molecule has 0 saturated carbocycles. The highest BCUT2D eigenvalue weighted by Gasteiger charge is 2.37. The molecule has 3 nitrogen and oxygen atoms in total. The van der Waals surface area contributed by atoms with Crippen LogP contribution in [0.2, 0.25) is 0 Å². The van der Waals surface area contributed by atoms with Crippen LogP contribution in [0.4, 0.5) is 0 Å². The van der Waals surface area contributed by atoms with E-state index in [0.29, 0.717) is 5.82 Å². The van der Waals surface area contributed by atoms with Gasteiger partial charge in [-0.1, -0.05) is 129 Å². The zero-order chi connectivity index (χ0) is 32.0. The lowest BCUT2D eigenvalue weighted by Gasteiger charge is -2.22. The van der Waals surface area contributed by atoms with Crippen LogP contribution < -0.4 is 0 Å². The highest BCUT2D eigenvalue weighted by atomic mass is 16.3. The number of hydrogen-bond donors (Lipinski definition) is 0. The van der Waals surface area contributed by atoms with Gasteiger partial charge in [0.1, 0.15) is 11.2 Å². The molecular weight excluding hydrogens is 585 g/mol. The Morgan fingerprint density at radius 2 is 1.19 bits per heavy atom. The lowest BCUT2D eigenvalue weighted by molar-refractivity contribution is 0.661. The molecule has 10 rings (SSSR count). The van der Waals surface area contributed by atoms with E-state index in [0.717, 1.165) is 60.8 Å². The molecule has 0 amide bonds. The van der Waals surface area contributed by atoms with Gasteiger partial charge >= 0.3 is 0 Å². The van der Waals surface area contributed by atoms with Crippen molar-refractivity contribution >= 4 is 43.5 Å². The third kappa shape index (κ3) is 3.88. The predicted molar refractivity (Wildman–Crippen MR) is 198 cm³/mol. The smallest absolute Gasteiger partial charge is 0.160 e. The molecule has 0 aliphatic heterocycles. The van der Waals surface area contributed by atoms with Gasteiger partial charge in [-0.3, -0.25) is 0 Å². The number of aromatic nitrogens is 2. The third-order valence-electron chi connectivity index (χ3n) is 10.3. The molecule has 1 aliphatic rings. The van der Waals surface area contributed by atoms with Crippen molar-refractivity contribution in [2.45, 2.75) is 19.3 Å². The maximum Gasteiger partial charge on any atom is 0.160 e. The summed E-state index contributed by atoms with van der Waals surface area (Å²) in [5.41, 5.74) is 11.7. The Morgan fingerprint density at radius 3 is 2.02 bits per heavy atom. The number of benzene rings is 7. The Labute approximate surface area is 278 Å². The van der Waals surface area contributed by atoms with E-state index in [9.17, 15) is 0 Å². The monoisotopic (exact) mass is 614 g/mol. The minimum Gasteiger partial charge on any atom is -0.455 e. The Kier molecular flexibility index (Phi) is 5.63. The second-order valence-electron chi connectivity index (χ2n) is 13.4. The molecule has 3 heteroatoms. The van der Waals surface area contributed by atoms with Crippen molar-refractivity contribution in [1.82, 2.24) is 9.97 Å². The first-order valence-corrected chi connectivity index (χ1v) is 16.5. The summed E-state index contributed by atoms with van der Waals surface area (Å²) < 4.78 is 6.57. The second kappa shape index (κ2) is 9.97. The van der Waals surface area contributed by atoms with Crippen LogP contribution in [0.5, 0.6) is 0 Å². The number of rotatable bonds is 3. The summed E-state index contributed by atoms with van der Waals surface area (Å²) >= 11 is 0. The summed E-state index contributed by atoms with van der Waals surface area (Å²) in [6.07, 6.45) is 0. The zero-order valence-corrected chi connectivity index (χ0v) is 26.7. The molecule has 0 fully saturated rings. The van der Waals surface area contributed by atoms with Crippen LogP contribution >= 0.6 is 0 Å². The molecule has 0 radical (unpaired) electrons. The van der Waals surface area contributed by atoms with Crippen molar-refractivity contribution in [3.63, 3.8) is 0 Å². The van der Waals surface area contributed by atoms with Gasteiger partial charge in [-0.25, -0.2) is 9.97 Å². The largest absolute Gasteiger partial charge is 0.455 e. The molecule has 7 aromatic carbocycles. The van der Waals surface area contributed by atoms with Gasteiger partial charge in [0.25, 0.3) is 0 Å². The van der Waals surface area contributed by atoms with Crippen LogP contribution in [0.3, 0.4) is 0 Å². The molecule has 0 unspecified atom stereocenters. The minimum atomic E-state index is -0.146. The molecule has 9 aromatic rings. The Morgan fingerprint density at radius 1 is 0.500 bits per heavy atom. The first kappa shape index (κ1) is 27.1. The fraction of sp³-hybridized carbons (Fsp3) is 0.0667. The van der Waals surface area contributed by atoms with E-state index in [-0.39, 0.29) is 5.41 Å². The lowest BCUT2D eigenvalue weighted by atomic mass is 9.81. The normalized spacial score (nSPS) is 13.4. The van der Waals surface area contributed by atoms with E-state index >= 15 is 0 Å². The maximum absolute atomic E-state index is 6.57. The molecule has 0 N–H and O–H groups in total. The molecule has 226 valence electrons. The van der Waals surface area contributed by atoms with Crippen molar-refractivity contribution < 1.29 is 4.42 Å². The third-order valence-corrected chi connectivity index (χ3v) is 10.3. The molecule has 2 aromatic heterocycles. The minimum absolute atomic E-state index is 0.146. The number of furan rings is 1. The van der Waals surface area contributed by atoms with E-state index in [2.05, 4.69) is 141 Å². The van der Waals surface area contributed by atoms with Crippen molar-refractivity contribution in [3.8, 4) is 45.0 Å². The average molecular weight is 615 g/mol. The first-order valence-electron chi connectivity index (χ1n) is 16.5. The fourth-order valence-electron chi connectivity index (χ4n) is 7.89. The molecule has 0 atom stereocenters. The number of nitrogens with zero attached hydrogens (tertiary/aromatic N) is 2. The lowest BCUT2D eigenvalue weighted by Crippen LogP contribution is -2.14. The summed E-state index contributed by atoms with van der Waals surface area (Å²) in [6, 6.07) is 51.6. The molecular formula is C45H30N2O. The quantitative estimate of drug-likeness (QED) is 0.199. The first-order chi connectivity index (χ1) is 23.5. The molecule has 1 aliphatic carbocycles. The summed E-state index contributed by atoms with van der Waals surface area (Å²) in [6.45, 7) is 4.68. The van der Waals surface area contributed by atoms with Crippen molar-refractivity contribution in [2.75, 3.05) is 0 Å². The molecule has 0 bridgehead atoms. The molecule has 48 heavy (non-hydrogen) atoms. The van der Waals surface area contributed by atoms with Gasteiger partial charge in [-0.15, -0.1) is 0 Å². The van der Waals surface area contributed by atoms with Crippen LogP contribution in [0, 0.1) is 0 Å². The standard InChI is InChI=1S/C45H30N2O/c1-45(2)36-20-10-18-32(41(36)35-24-29-15-6-7-16-30(29)25-37(35)45)38-26-39(47-44(46-38)28-13-4-3-5-14-28)33-19-11-21-40-42(33)34-23-22-27-12-8-9-17-31(27)43(34)48-40/h3-26H,1-2H3.